The van der Waals surface area contributed by atoms with Crippen molar-refractivity contribution in [3.05, 3.63) is 208 Å². The Bertz CT molecular complexity index is 2890. The topological polar surface area (TPSA) is 0 Å². The number of fused-ring (bicyclic) bond motifs is 6. The summed E-state index contributed by atoms with van der Waals surface area (Å²) in [6.07, 6.45) is 4.84. The van der Waals surface area contributed by atoms with Crippen LogP contribution in [0.25, 0.3) is 49.9 Å². The molecule has 300 valence electrons. The zero-order valence-electron chi connectivity index (χ0n) is 36.8. The third-order valence-corrected chi connectivity index (χ3v) is 27.6. The summed E-state index contributed by atoms with van der Waals surface area (Å²) in [5, 5.41) is 8.45. The summed E-state index contributed by atoms with van der Waals surface area (Å²) in [6.45, 7) is 16.7. The van der Waals surface area contributed by atoms with Gasteiger partial charge in [0.15, 0.2) is 0 Å². The zero-order chi connectivity index (χ0) is 42.0. The summed E-state index contributed by atoms with van der Waals surface area (Å²) in [5.74, 6) is -1.30. The van der Waals surface area contributed by atoms with Gasteiger partial charge in [0.1, 0.15) is 0 Å². The average Bonchev–Trinajstić information content (AvgIpc) is 3.79. The van der Waals surface area contributed by atoms with E-state index in [1.165, 1.54) is 66.1 Å². The van der Waals surface area contributed by atoms with Gasteiger partial charge in [-0.1, -0.05) is 0 Å². The molecule has 0 saturated carbocycles. The molecule has 0 amide bonds. The SMILES string of the molecule is CCCC1=Cc2c(-c3c4ccccc4cc4ccccc34)cccc2C1c1cc(C(C)(C)C)cc2c1[CH]([Zr][SiH](c1ccccc1)c1ccccc1)c1ccc(C(C)(C)C)cc1-2. The average molecular weight is 884 g/mol. The molecule has 2 aliphatic carbocycles. The van der Waals surface area contributed by atoms with E-state index in [1.807, 2.05) is 0 Å². The van der Waals surface area contributed by atoms with Crippen LogP contribution in [0.1, 0.15) is 110 Å². The minimum atomic E-state index is -1.51. The van der Waals surface area contributed by atoms with Gasteiger partial charge in [0.2, 0.25) is 0 Å². The maximum absolute atomic E-state index is 2.69. The van der Waals surface area contributed by atoms with Gasteiger partial charge in [-0.2, -0.15) is 0 Å². The second-order valence-electron chi connectivity index (χ2n) is 19.6. The molecule has 0 N–H and O–H groups in total. The third kappa shape index (κ3) is 7.19. The maximum atomic E-state index is 2.69. The van der Waals surface area contributed by atoms with Crippen LogP contribution in [0.2, 0.25) is 0 Å². The second-order valence-corrected chi connectivity index (χ2v) is 30.3. The number of allylic oxidation sites excluding steroid dienone is 1. The van der Waals surface area contributed by atoms with Crippen molar-refractivity contribution in [3.8, 4) is 22.3 Å². The summed E-state index contributed by atoms with van der Waals surface area (Å²) < 4.78 is 0.459. The predicted octanol–water partition coefficient (Wildman–Crippen LogP) is 14.3. The standard InChI is InChI=1S/C47H45.C12H11Si.Zr/c1-8-14-32-25-40-37(19-13-20-38(40)45-35-17-11-9-15-29(35)23-30-16-10-12-18-36(30)45)44(32)43-28-34(47(5,6)7)27-42-39-26-33(46(2,3)4)22-21-31(39)24-41(42)43;1-3-7-11(8-4-1)13-12-9-5-2-6-10-12;/h9-13,15-28,44H,8,14H2,1-7H3;1-10,13H;. The molecule has 0 nitrogen and oxygen atoms in total. The molecule has 2 unspecified atom stereocenters. The van der Waals surface area contributed by atoms with Crippen LogP contribution >= 0.6 is 0 Å². The van der Waals surface area contributed by atoms with Crippen molar-refractivity contribution in [2.75, 3.05) is 0 Å². The molecular formula is C59H56SiZr. The summed E-state index contributed by atoms with van der Waals surface area (Å²) in [5.41, 5.74) is 17.9. The Kier molecular flexibility index (Phi) is 10.4. The molecule has 0 radical (unpaired) electrons. The number of rotatable bonds is 8. The van der Waals surface area contributed by atoms with Crippen LogP contribution in [-0.2, 0) is 33.2 Å². The van der Waals surface area contributed by atoms with Gasteiger partial charge < -0.3 is 0 Å². The Morgan fingerprint density at radius 1 is 0.508 bits per heavy atom. The van der Waals surface area contributed by atoms with Gasteiger partial charge >= 0.3 is 379 Å². The van der Waals surface area contributed by atoms with Crippen LogP contribution in [0.4, 0.5) is 0 Å². The molecule has 0 bridgehead atoms. The summed E-state index contributed by atoms with van der Waals surface area (Å²) in [4.78, 5) is 0. The molecule has 8 aromatic rings. The van der Waals surface area contributed by atoms with Crippen molar-refractivity contribution < 1.29 is 22.4 Å². The molecule has 2 heteroatoms. The third-order valence-electron chi connectivity index (χ3n) is 13.5. The summed E-state index contributed by atoms with van der Waals surface area (Å²) in [6, 6.07) is 63.9. The van der Waals surface area contributed by atoms with Crippen LogP contribution in [-0.4, -0.2) is 5.92 Å². The van der Waals surface area contributed by atoms with Crippen LogP contribution in [0, 0.1) is 0 Å². The van der Waals surface area contributed by atoms with E-state index in [9.17, 15) is 0 Å². The van der Waals surface area contributed by atoms with Gasteiger partial charge in [-0.25, -0.2) is 0 Å². The van der Waals surface area contributed by atoms with Crippen LogP contribution in [0.5, 0.6) is 0 Å². The fraction of sp³-hybridized carbons (Fsp3) is 0.220. The molecule has 0 spiro atoms. The summed E-state index contributed by atoms with van der Waals surface area (Å²) in [7, 11) is 0. The molecule has 0 aromatic heterocycles. The van der Waals surface area contributed by atoms with Gasteiger partial charge in [0.05, 0.1) is 0 Å². The van der Waals surface area contributed by atoms with Crippen molar-refractivity contribution in [2.45, 2.75) is 81.7 Å². The van der Waals surface area contributed by atoms with E-state index in [1.54, 1.807) is 32.6 Å². The van der Waals surface area contributed by atoms with Crippen molar-refractivity contribution in [1.29, 1.82) is 0 Å². The molecule has 10 rings (SSSR count). The van der Waals surface area contributed by atoms with Gasteiger partial charge in [-0.15, -0.1) is 0 Å². The first-order valence-corrected chi connectivity index (χ1v) is 29.8. The fourth-order valence-corrected chi connectivity index (χ4v) is 25.2. The van der Waals surface area contributed by atoms with E-state index in [-0.39, 0.29) is 16.7 Å². The Morgan fingerprint density at radius 3 is 1.70 bits per heavy atom. The van der Waals surface area contributed by atoms with Crippen molar-refractivity contribution in [1.82, 2.24) is 0 Å². The molecule has 2 aliphatic rings. The first kappa shape index (κ1) is 40.2. The quantitative estimate of drug-likeness (QED) is 0.105. The Labute approximate surface area is 375 Å². The van der Waals surface area contributed by atoms with E-state index in [0.29, 0.717) is 3.63 Å². The van der Waals surface area contributed by atoms with E-state index in [2.05, 4.69) is 218 Å². The van der Waals surface area contributed by atoms with E-state index in [0.717, 1.165) is 12.8 Å². The normalized spacial score (nSPS) is 15.8. The Morgan fingerprint density at radius 2 is 1.10 bits per heavy atom. The molecule has 8 aromatic carbocycles. The van der Waals surface area contributed by atoms with Crippen molar-refractivity contribution in [2.24, 2.45) is 0 Å². The molecular weight excluding hydrogens is 828 g/mol. The number of hydrogen-bond donors (Lipinski definition) is 0. The van der Waals surface area contributed by atoms with E-state index >= 15 is 0 Å². The van der Waals surface area contributed by atoms with Gasteiger partial charge in [0.25, 0.3) is 0 Å². The van der Waals surface area contributed by atoms with Crippen LogP contribution < -0.4 is 10.4 Å². The Balaban J connectivity index is 1.25. The second kappa shape index (κ2) is 15.8. The number of benzene rings is 8. The minimum absolute atomic E-state index is 0.00515. The molecule has 0 heterocycles. The van der Waals surface area contributed by atoms with Gasteiger partial charge in [-0.05, 0) is 0 Å². The first-order valence-electron chi connectivity index (χ1n) is 22.4. The van der Waals surface area contributed by atoms with Crippen molar-refractivity contribution in [3.63, 3.8) is 0 Å². The van der Waals surface area contributed by atoms with E-state index < -0.39 is 28.3 Å². The molecule has 0 fully saturated rings. The van der Waals surface area contributed by atoms with Gasteiger partial charge in [-0.3, -0.25) is 0 Å². The first-order chi connectivity index (χ1) is 29.5. The predicted molar refractivity (Wildman–Crippen MR) is 262 cm³/mol. The monoisotopic (exact) mass is 882 g/mol. The van der Waals surface area contributed by atoms with Crippen LogP contribution in [0.3, 0.4) is 0 Å². The molecule has 0 aliphatic heterocycles. The molecule has 0 saturated heterocycles. The number of hydrogen-bond acceptors (Lipinski definition) is 0. The Hall–Kier alpha value is -4.88. The van der Waals surface area contributed by atoms with Crippen molar-refractivity contribution >= 4 is 43.9 Å². The van der Waals surface area contributed by atoms with Crippen LogP contribution in [0.15, 0.2) is 169 Å². The molecule has 61 heavy (non-hydrogen) atoms. The molecule has 2 atom stereocenters. The summed E-state index contributed by atoms with van der Waals surface area (Å²) >= 11 is -1.15. The fourth-order valence-electron chi connectivity index (χ4n) is 10.4. The van der Waals surface area contributed by atoms with Gasteiger partial charge in [0, 0.05) is 0 Å². The van der Waals surface area contributed by atoms with E-state index in [4.69, 9.17) is 0 Å². The zero-order valence-corrected chi connectivity index (χ0v) is 40.4.